The number of benzene rings is 1. The van der Waals surface area contributed by atoms with Gasteiger partial charge in [-0.3, -0.25) is 9.59 Å². The second-order valence-corrected chi connectivity index (χ2v) is 11.0. The number of likely N-dealkylation sites (N-methyl/N-ethyl adjacent to an activating group) is 1. The molecule has 1 aliphatic heterocycles. The first-order chi connectivity index (χ1) is 14.3. The molecule has 1 N–H and O–H groups in total. The van der Waals surface area contributed by atoms with Gasteiger partial charge in [0.05, 0.1) is 22.1 Å². The summed E-state index contributed by atoms with van der Waals surface area (Å²) in [5, 5.41) is 3.09. The molecule has 1 saturated heterocycles. The van der Waals surface area contributed by atoms with Crippen LogP contribution in [-0.4, -0.2) is 67.8 Å². The number of halogens is 2. The molecule has 1 aromatic carbocycles. The summed E-state index contributed by atoms with van der Waals surface area (Å²) in [6, 6.07) is 2.89. The third-order valence-corrected chi connectivity index (χ3v) is 7.43. The summed E-state index contributed by atoms with van der Waals surface area (Å²) in [7, 11) is -1.67. The highest BCUT2D eigenvalue weighted by Gasteiger charge is 2.36. The summed E-state index contributed by atoms with van der Waals surface area (Å²) in [6.07, 6.45) is -0.796. The fourth-order valence-corrected chi connectivity index (χ4v) is 5.50. The number of hydrogen-bond acceptors (Lipinski definition) is 6. The van der Waals surface area contributed by atoms with Crippen LogP contribution in [0.5, 0.6) is 0 Å². The zero-order chi connectivity index (χ0) is 23.5. The van der Waals surface area contributed by atoms with Gasteiger partial charge in [0.25, 0.3) is 11.8 Å². The van der Waals surface area contributed by atoms with Crippen LogP contribution in [0.1, 0.15) is 37.6 Å². The molecular weight excluding hydrogens is 467 g/mol. The molecule has 1 heterocycles. The maximum atomic E-state index is 12.7. The van der Waals surface area contributed by atoms with E-state index in [1.165, 1.54) is 37.1 Å². The summed E-state index contributed by atoms with van der Waals surface area (Å²) in [4.78, 5) is 39.2. The summed E-state index contributed by atoms with van der Waals surface area (Å²) in [5.41, 5.74) is 0.149. The van der Waals surface area contributed by atoms with Gasteiger partial charge in [-0.1, -0.05) is 37.0 Å². The normalized spacial score (nSPS) is 19.5. The van der Waals surface area contributed by atoms with Gasteiger partial charge in [-0.15, -0.1) is 0 Å². The Kier molecular flexibility index (Phi) is 8.35. The molecule has 1 fully saturated rings. The van der Waals surface area contributed by atoms with Crippen molar-refractivity contribution in [3.8, 4) is 0 Å². The molecule has 1 aromatic rings. The molecule has 8 nitrogen and oxygen atoms in total. The number of carbonyl (C=O) groups excluding carboxylic acids is 3. The van der Waals surface area contributed by atoms with E-state index in [1.807, 2.05) is 0 Å². The number of ether oxygens (including phenoxy) is 1. The third-order valence-electron chi connectivity index (χ3n) is 5.13. The first kappa shape index (κ1) is 25.4. The number of nitrogens with one attached hydrogen (secondary N) is 1. The van der Waals surface area contributed by atoms with Crippen molar-refractivity contribution in [1.29, 1.82) is 0 Å². The molecule has 0 radical (unpaired) electrons. The van der Waals surface area contributed by atoms with E-state index in [0.717, 1.165) is 0 Å². The number of amides is 2. The zero-order valence-electron chi connectivity index (χ0n) is 17.7. The molecule has 11 heteroatoms. The lowest BCUT2D eigenvalue weighted by Crippen LogP contribution is -2.49. The predicted octanol–water partition coefficient (Wildman–Crippen LogP) is 2.33. The number of nitrogens with zero attached hydrogens (tertiary/aromatic N) is 1. The lowest BCUT2D eigenvalue weighted by molar-refractivity contribution is -0.161. The summed E-state index contributed by atoms with van der Waals surface area (Å²) in [6.45, 7) is 4.85. The standard InChI is InChI=1S/C20H26Cl2N2O6S/c1-11(2)17(23-18(25)15-6-5-13(21)9-16(15)22)20(27)30-12(3)19(26)24(4)14-7-8-31(28,29)10-14/h5-6,9,11-12,14,17H,7-8,10H2,1-4H3,(H,23,25)/t12-,14+,17+/m0/s1. The van der Waals surface area contributed by atoms with Crippen molar-refractivity contribution in [2.45, 2.75) is 45.4 Å². The van der Waals surface area contributed by atoms with Crippen molar-refractivity contribution in [3.05, 3.63) is 33.8 Å². The van der Waals surface area contributed by atoms with Crippen LogP contribution >= 0.6 is 23.2 Å². The summed E-state index contributed by atoms with van der Waals surface area (Å²) >= 11 is 11.9. The molecule has 172 valence electrons. The number of esters is 1. The monoisotopic (exact) mass is 492 g/mol. The van der Waals surface area contributed by atoms with Crippen molar-refractivity contribution in [1.82, 2.24) is 10.2 Å². The van der Waals surface area contributed by atoms with Crippen LogP contribution in [0.3, 0.4) is 0 Å². The Bertz CT molecular complexity index is 966. The quantitative estimate of drug-likeness (QED) is 0.584. The minimum Gasteiger partial charge on any atom is -0.451 e. The van der Waals surface area contributed by atoms with Gasteiger partial charge in [-0.05, 0) is 37.5 Å². The van der Waals surface area contributed by atoms with Gasteiger partial charge in [0.15, 0.2) is 15.9 Å². The van der Waals surface area contributed by atoms with Gasteiger partial charge < -0.3 is 15.0 Å². The molecule has 0 saturated carbocycles. The first-order valence-electron chi connectivity index (χ1n) is 9.76. The predicted molar refractivity (Wildman–Crippen MR) is 118 cm³/mol. The molecule has 0 unspecified atom stereocenters. The molecule has 3 atom stereocenters. The fraction of sp³-hybridized carbons (Fsp3) is 0.550. The van der Waals surface area contributed by atoms with Crippen LogP contribution in [0, 0.1) is 5.92 Å². The van der Waals surface area contributed by atoms with Crippen LogP contribution < -0.4 is 5.32 Å². The molecule has 0 bridgehead atoms. The van der Waals surface area contributed by atoms with E-state index in [0.29, 0.717) is 11.4 Å². The Morgan fingerprint density at radius 2 is 1.84 bits per heavy atom. The van der Waals surface area contributed by atoms with E-state index in [-0.39, 0.29) is 28.0 Å². The van der Waals surface area contributed by atoms with Crippen LogP contribution in [-0.2, 0) is 24.2 Å². The van der Waals surface area contributed by atoms with Gasteiger partial charge in [-0.2, -0.15) is 0 Å². The highest BCUT2D eigenvalue weighted by Crippen LogP contribution is 2.22. The smallest absolute Gasteiger partial charge is 0.329 e. The summed E-state index contributed by atoms with van der Waals surface area (Å²) in [5.74, 6) is -2.28. The van der Waals surface area contributed by atoms with Gasteiger partial charge in [0.2, 0.25) is 0 Å². The van der Waals surface area contributed by atoms with E-state index in [4.69, 9.17) is 27.9 Å². The van der Waals surface area contributed by atoms with Crippen LogP contribution in [0.4, 0.5) is 0 Å². The molecule has 1 aliphatic rings. The van der Waals surface area contributed by atoms with E-state index < -0.39 is 45.8 Å². The SMILES string of the molecule is CC(C)[C@@H](NC(=O)c1ccc(Cl)cc1Cl)C(=O)O[C@@H](C)C(=O)N(C)[C@@H]1CCS(=O)(=O)C1. The Labute approximate surface area is 192 Å². The molecule has 0 aromatic heterocycles. The van der Waals surface area contributed by atoms with Crippen molar-refractivity contribution in [3.63, 3.8) is 0 Å². The fourth-order valence-electron chi connectivity index (χ4n) is 3.24. The average Bonchev–Trinajstić information content (AvgIpc) is 3.03. The van der Waals surface area contributed by atoms with Crippen LogP contribution in [0.2, 0.25) is 10.0 Å². The van der Waals surface area contributed by atoms with Gasteiger partial charge >= 0.3 is 5.97 Å². The number of sulfone groups is 1. The maximum Gasteiger partial charge on any atom is 0.329 e. The highest BCUT2D eigenvalue weighted by molar-refractivity contribution is 7.91. The van der Waals surface area contributed by atoms with Crippen LogP contribution in [0.15, 0.2) is 18.2 Å². The Hall–Kier alpha value is -1.84. The third kappa shape index (κ3) is 6.57. The molecule has 0 spiro atoms. The average molecular weight is 493 g/mol. The van der Waals surface area contributed by atoms with E-state index >= 15 is 0 Å². The second kappa shape index (κ2) is 10.2. The number of rotatable bonds is 7. The summed E-state index contributed by atoms with van der Waals surface area (Å²) < 4.78 is 28.6. The Morgan fingerprint density at radius 3 is 2.35 bits per heavy atom. The van der Waals surface area contributed by atoms with Gasteiger partial charge in [0, 0.05) is 18.1 Å². The number of carbonyl (C=O) groups is 3. The number of hydrogen-bond donors (Lipinski definition) is 1. The molecule has 2 amide bonds. The largest absolute Gasteiger partial charge is 0.451 e. The minimum absolute atomic E-state index is 0.0260. The van der Waals surface area contributed by atoms with Crippen LogP contribution in [0.25, 0.3) is 0 Å². The molecular formula is C20H26Cl2N2O6S. The molecule has 0 aliphatic carbocycles. The maximum absolute atomic E-state index is 12.7. The van der Waals surface area contributed by atoms with Crippen molar-refractivity contribution < 1.29 is 27.5 Å². The van der Waals surface area contributed by atoms with Gasteiger partial charge in [0.1, 0.15) is 6.04 Å². The van der Waals surface area contributed by atoms with E-state index in [9.17, 15) is 22.8 Å². The van der Waals surface area contributed by atoms with E-state index in [2.05, 4.69) is 5.32 Å². The molecule has 2 rings (SSSR count). The zero-order valence-corrected chi connectivity index (χ0v) is 20.1. The Morgan fingerprint density at radius 1 is 1.19 bits per heavy atom. The molecule has 31 heavy (non-hydrogen) atoms. The lowest BCUT2D eigenvalue weighted by atomic mass is 10.0. The van der Waals surface area contributed by atoms with E-state index in [1.54, 1.807) is 13.8 Å². The van der Waals surface area contributed by atoms with Crippen molar-refractivity contribution in [2.75, 3.05) is 18.6 Å². The van der Waals surface area contributed by atoms with Gasteiger partial charge in [-0.25, -0.2) is 13.2 Å². The lowest BCUT2D eigenvalue weighted by Gasteiger charge is -2.28. The van der Waals surface area contributed by atoms with Crippen molar-refractivity contribution >= 4 is 50.8 Å². The van der Waals surface area contributed by atoms with Crippen molar-refractivity contribution in [2.24, 2.45) is 5.92 Å². The Balaban J connectivity index is 2.04. The second-order valence-electron chi connectivity index (χ2n) is 7.90. The first-order valence-corrected chi connectivity index (χ1v) is 12.3. The minimum atomic E-state index is -3.16. The topological polar surface area (TPSA) is 110 Å². The highest BCUT2D eigenvalue weighted by atomic mass is 35.5.